The number of carbonyl (C=O) groups excluding carboxylic acids is 3. The molecule has 3 heterocycles. The molecule has 8 nitrogen and oxygen atoms in total. The molecule has 27 heavy (non-hydrogen) atoms. The number of carboxylic acid groups (broad SMARTS) is 1. The maximum atomic E-state index is 12.5. The number of ether oxygens (including phenoxy) is 1. The van der Waals surface area contributed by atoms with Crippen LogP contribution in [0.2, 0.25) is 0 Å². The van der Waals surface area contributed by atoms with E-state index in [1.807, 2.05) is 17.5 Å². The average Bonchev–Trinajstić information content (AvgIpc) is 3.10. The van der Waals surface area contributed by atoms with Gasteiger partial charge in [0.05, 0.1) is 18.1 Å². The van der Waals surface area contributed by atoms with Crippen molar-refractivity contribution in [3.05, 3.63) is 33.4 Å². The zero-order chi connectivity index (χ0) is 19.7. The Morgan fingerprint density at radius 3 is 2.70 bits per heavy atom. The Labute approximate surface area is 163 Å². The lowest BCUT2D eigenvalue weighted by atomic mass is 9.98. The quantitative estimate of drug-likeness (QED) is 0.531. The topological polar surface area (TPSA) is 113 Å². The predicted molar refractivity (Wildman–Crippen MR) is 98.9 cm³/mol. The van der Waals surface area contributed by atoms with Gasteiger partial charge in [-0.3, -0.25) is 9.59 Å². The van der Waals surface area contributed by atoms with Crippen LogP contribution in [0.25, 0.3) is 0 Å². The average molecular weight is 410 g/mol. The van der Waals surface area contributed by atoms with Crippen molar-refractivity contribution in [1.82, 2.24) is 10.2 Å². The molecular weight excluding hydrogens is 392 g/mol. The highest BCUT2D eigenvalue weighted by Crippen LogP contribution is 2.40. The minimum atomic E-state index is -1.42. The van der Waals surface area contributed by atoms with E-state index in [0.717, 1.165) is 21.5 Å². The van der Waals surface area contributed by atoms with Gasteiger partial charge in [-0.2, -0.15) is 0 Å². The van der Waals surface area contributed by atoms with Gasteiger partial charge in [0, 0.05) is 4.88 Å². The third kappa shape index (κ3) is 3.86. The molecule has 2 aliphatic rings. The highest BCUT2D eigenvalue weighted by Gasteiger charge is 2.57. The molecule has 2 N–H and O–H groups in total. The van der Waals surface area contributed by atoms with Crippen LogP contribution in [0.5, 0.6) is 0 Å². The SMILES string of the molecule is CC(C)OC(=O)C1=CS[C@@H]2C(NC(=O)Cc3cccs3)C(=O)N2C1C(=O)O. The number of β-lactam (4-membered cyclic amide) rings is 1. The summed E-state index contributed by atoms with van der Waals surface area (Å²) in [4.78, 5) is 50.5. The van der Waals surface area contributed by atoms with Crippen molar-refractivity contribution in [2.24, 2.45) is 0 Å². The standard InChI is InChI=1S/C17H18N2O6S2/c1-8(2)25-17(24)10-7-27-15-12(14(21)19(15)13(10)16(22)23)18-11(20)6-9-4-3-5-26-9/h3-5,7-8,12-13,15H,6H2,1-2H3,(H,18,20)(H,22,23)/t12?,13?,15-/m1/s1. The van der Waals surface area contributed by atoms with Gasteiger partial charge in [-0.25, -0.2) is 9.59 Å². The van der Waals surface area contributed by atoms with Crippen LogP contribution in [0.4, 0.5) is 0 Å². The summed E-state index contributed by atoms with van der Waals surface area (Å²) >= 11 is 2.57. The van der Waals surface area contributed by atoms with Crippen molar-refractivity contribution in [2.45, 2.75) is 43.8 Å². The smallest absolute Gasteiger partial charge is 0.337 e. The van der Waals surface area contributed by atoms with Crippen LogP contribution in [0.15, 0.2) is 28.5 Å². The third-order valence-corrected chi connectivity index (χ3v) is 6.08. The van der Waals surface area contributed by atoms with E-state index in [0.29, 0.717) is 0 Å². The summed E-state index contributed by atoms with van der Waals surface area (Å²) in [5, 5.41) is 14.9. The zero-order valence-electron chi connectivity index (χ0n) is 14.6. The van der Waals surface area contributed by atoms with Crippen molar-refractivity contribution in [3.8, 4) is 0 Å². The van der Waals surface area contributed by atoms with Crippen molar-refractivity contribution < 1.29 is 29.0 Å². The lowest BCUT2D eigenvalue weighted by Gasteiger charge is -2.50. The number of nitrogens with one attached hydrogen (secondary N) is 1. The summed E-state index contributed by atoms with van der Waals surface area (Å²) in [7, 11) is 0. The van der Waals surface area contributed by atoms with Gasteiger partial charge in [-0.05, 0) is 30.7 Å². The molecule has 1 aromatic rings. The number of nitrogens with zero attached hydrogens (tertiary/aromatic N) is 1. The highest BCUT2D eigenvalue weighted by molar-refractivity contribution is 8.03. The Morgan fingerprint density at radius 1 is 1.37 bits per heavy atom. The second kappa shape index (κ2) is 7.73. The van der Waals surface area contributed by atoms with Crippen LogP contribution in [0, 0.1) is 0 Å². The number of rotatable bonds is 6. The van der Waals surface area contributed by atoms with Gasteiger partial charge in [0.2, 0.25) is 11.8 Å². The molecule has 3 rings (SSSR count). The fourth-order valence-corrected chi connectivity index (χ4v) is 4.80. The Bertz CT molecular complexity index is 804. The van der Waals surface area contributed by atoms with Gasteiger partial charge in [0.25, 0.3) is 0 Å². The van der Waals surface area contributed by atoms with Crippen LogP contribution in [-0.4, -0.2) is 57.3 Å². The number of carbonyl (C=O) groups is 4. The van der Waals surface area contributed by atoms with Crippen LogP contribution in [0.3, 0.4) is 0 Å². The summed E-state index contributed by atoms with van der Waals surface area (Å²) in [5.41, 5.74) is -0.0887. The van der Waals surface area contributed by atoms with Gasteiger partial charge >= 0.3 is 11.9 Å². The third-order valence-electron chi connectivity index (χ3n) is 4.03. The Kier molecular flexibility index (Phi) is 5.56. The van der Waals surface area contributed by atoms with Crippen molar-refractivity contribution in [3.63, 3.8) is 0 Å². The minimum absolute atomic E-state index is 0.0887. The van der Waals surface area contributed by atoms with Gasteiger partial charge in [0.1, 0.15) is 11.4 Å². The molecule has 1 fully saturated rings. The van der Waals surface area contributed by atoms with Crippen molar-refractivity contribution in [2.75, 3.05) is 0 Å². The Morgan fingerprint density at radius 2 is 2.11 bits per heavy atom. The summed E-state index contributed by atoms with van der Waals surface area (Å²) < 4.78 is 5.07. The molecule has 2 unspecified atom stereocenters. The first-order chi connectivity index (χ1) is 12.8. The van der Waals surface area contributed by atoms with Gasteiger partial charge in [0.15, 0.2) is 6.04 Å². The first-order valence-electron chi connectivity index (χ1n) is 8.23. The maximum absolute atomic E-state index is 12.5. The first kappa shape index (κ1) is 19.4. The number of aliphatic carboxylic acids is 1. The summed E-state index contributed by atoms with van der Waals surface area (Å²) in [6, 6.07) is 1.42. The van der Waals surface area contributed by atoms with Crippen molar-refractivity contribution in [1.29, 1.82) is 0 Å². The molecule has 1 saturated heterocycles. The van der Waals surface area contributed by atoms with E-state index < -0.39 is 41.4 Å². The number of hydrogen-bond donors (Lipinski definition) is 2. The fraction of sp³-hybridized carbons (Fsp3) is 0.412. The fourth-order valence-electron chi connectivity index (χ4n) is 2.88. The van der Waals surface area contributed by atoms with Gasteiger partial charge in [-0.15, -0.1) is 23.1 Å². The molecular formula is C17H18N2O6S2. The van der Waals surface area contributed by atoms with Crippen LogP contribution >= 0.6 is 23.1 Å². The normalized spacial score (nSPS) is 24.0. The van der Waals surface area contributed by atoms with E-state index in [2.05, 4.69) is 5.32 Å². The molecule has 0 aromatic carbocycles. The van der Waals surface area contributed by atoms with Gasteiger partial charge in [-0.1, -0.05) is 6.07 Å². The maximum Gasteiger partial charge on any atom is 0.337 e. The van der Waals surface area contributed by atoms with Crippen LogP contribution in [-0.2, 0) is 30.3 Å². The monoisotopic (exact) mass is 410 g/mol. The molecule has 10 heteroatoms. The summed E-state index contributed by atoms with van der Waals surface area (Å²) in [6.07, 6.45) is -0.254. The molecule has 1 aromatic heterocycles. The number of hydrogen-bond acceptors (Lipinski definition) is 7. The Balaban J connectivity index is 1.72. The molecule has 0 spiro atoms. The molecule has 3 atom stereocenters. The number of thioether (sulfide) groups is 1. The summed E-state index contributed by atoms with van der Waals surface area (Å²) in [5.74, 6) is -2.91. The minimum Gasteiger partial charge on any atom is -0.479 e. The number of fused-ring (bicyclic) bond motifs is 1. The zero-order valence-corrected chi connectivity index (χ0v) is 16.2. The van der Waals surface area contributed by atoms with Crippen LogP contribution < -0.4 is 5.32 Å². The van der Waals surface area contributed by atoms with Crippen molar-refractivity contribution >= 4 is 46.9 Å². The second-order valence-corrected chi connectivity index (χ2v) is 8.36. The molecule has 0 radical (unpaired) electrons. The van der Waals surface area contributed by atoms with Crippen LogP contribution in [0.1, 0.15) is 18.7 Å². The van der Waals surface area contributed by atoms with E-state index in [1.54, 1.807) is 13.8 Å². The molecule has 0 aliphatic carbocycles. The molecule has 2 aliphatic heterocycles. The van der Waals surface area contributed by atoms with E-state index in [-0.39, 0.29) is 17.9 Å². The lowest BCUT2D eigenvalue weighted by Crippen LogP contribution is -2.74. The number of esters is 1. The predicted octanol–water partition coefficient (Wildman–Crippen LogP) is 0.979. The van der Waals surface area contributed by atoms with E-state index in [9.17, 15) is 24.3 Å². The second-order valence-electron chi connectivity index (χ2n) is 6.34. The summed E-state index contributed by atoms with van der Waals surface area (Å²) in [6.45, 7) is 3.31. The molecule has 0 saturated carbocycles. The Hall–Kier alpha value is -2.33. The molecule has 0 bridgehead atoms. The van der Waals surface area contributed by atoms with E-state index in [1.165, 1.54) is 16.7 Å². The van der Waals surface area contributed by atoms with E-state index in [4.69, 9.17) is 4.74 Å². The molecule has 144 valence electrons. The highest BCUT2D eigenvalue weighted by atomic mass is 32.2. The van der Waals surface area contributed by atoms with Gasteiger partial charge < -0.3 is 20.1 Å². The number of amides is 2. The number of carboxylic acids is 1. The largest absolute Gasteiger partial charge is 0.479 e. The molecule has 2 amide bonds. The lowest BCUT2D eigenvalue weighted by molar-refractivity contribution is -0.162. The first-order valence-corrected chi connectivity index (χ1v) is 10.0. The van der Waals surface area contributed by atoms with E-state index >= 15 is 0 Å². The number of thiophene rings is 1.